The Morgan fingerprint density at radius 3 is 2.84 bits per heavy atom. The molecule has 5 heteroatoms. The number of rotatable bonds is 2. The third-order valence-electron chi connectivity index (χ3n) is 3.43. The van der Waals surface area contributed by atoms with Crippen molar-refractivity contribution in [2.24, 2.45) is 0 Å². The molecule has 1 aromatic carbocycles. The number of fused-ring (bicyclic) bond motifs is 1. The van der Waals surface area contributed by atoms with E-state index in [2.05, 4.69) is 17.2 Å². The van der Waals surface area contributed by atoms with Gasteiger partial charge < -0.3 is 10.6 Å². The number of nitrogen functional groups attached to an aromatic ring is 1. The predicted molar refractivity (Wildman–Crippen MR) is 72.2 cm³/mol. The van der Waals surface area contributed by atoms with E-state index in [4.69, 9.17) is 5.73 Å². The second-order valence-electron chi connectivity index (χ2n) is 4.81. The number of anilines is 1. The highest BCUT2D eigenvalue weighted by Crippen LogP contribution is 2.18. The summed E-state index contributed by atoms with van der Waals surface area (Å²) in [5.41, 5.74) is 8.75. The van der Waals surface area contributed by atoms with Gasteiger partial charge in [0, 0.05) is 19.3 Å². The summed E-state index contributed by atoms with van der Waals surface area (Å²) in [6.45, 7) is 1.71. The molecule has 0 aliphatic carbocycles. The Morgan fingerprint density at radius 2 is 2.11 bits per heavy atom. The van der Waals surface area contributed by atoms with Gasteiger partial charge in [-0.2, -0.15) is 5.10 Å². The zero-order valence-corrected chi connectivity index (χ0v) is 10.6. The first-order valence-electron chi connectivity index (χ1n) is 6.35. The largest absolute Gasteiger partial charge is 0.396 e. The molecule has 2 aromatic rings. The van der Waals surface area contributed by atoms with Crippen LogP contribution in [0.25, 0.3) is 0 Å². The molecule has 0 atom stereocenters. The van der Waals surface area contributed by atoms with Crippen molar-refractivity contribution in [3.8, 4) is 0 Å². The fourth-order valence-corrected chi connectivity index (χ4v) is 2.41. The zero-order valence-electron chi connectivity index (χ0n) is 10.6. The van der Waals surface area contributed by atoms with E-state index in [1.165, 1.54) is 11.1 Å². The van der Waals surface area contributed by atoms with Gasteiger partial charge >= 0.3 is 0 Å². The number of nitrogens with zero attached hydrogens (tertiary/aromatic N) is 3. The van der Waals surface area contributed by atoms with Crippen molar-refractivity contribution in [3.05, 3.63) is 47.8 Å². The highest BCUT2D eigenvalue weighted by Gasteiger charge is 2.20. The van der Waals surface area contributed by atoms with Crippen LogP contribution in [0.4, 0.5) is 5.69 Å². The van der Waals surface area contributed by atoms with E-state index < -0.39 is 0 Å². The molecule has 5 nitrogen and oxygen atoms in total. The number of aromatic nitrogens is 2. The monoisotopic (exact) mass is 256 g/mol. The predicted octanol–water partition coefficient (Wildman–Crippen LogP) is 1.05. The lowest BCUT2D eigenvalue weighted by atomic mass is 10.00. The highest BCUT2D eigenvalue weighted by molar-refractivity contribution is 5.76. The normalized spacial score (nSPS) is 14.2. The number of carbonyl (C=O) groups is 1. The van der Waals surface area contributed by atoms with E-state index in [1.54, 1.807) is 17.1 Å². The molecule has 1 aliphatic rings. The molecule has 1 aliphatic heterocycles. The lowest BCUT2D eigenvalue weighted by Crippen LogP contribution is -2.38. The van der Waals surface area contributed by atoms with Gasteiger partial charge in [0.1, 0.15) is 6.54 Å². The molecule has 19 heavy (non-hydrogen) atoms. The molecule has 98 valence electrons. The van der Waals surface area contributed by atoms with Crippen LogP contribution in [0.5, 0.6) is 0 Å². The minimum atomic E-state index is 0.0811. The second kappa shape index (κ2) is 4.76. The topological polar surface area (TPSA) is 64.1 Å². The number of hydrogen-bond donors (Lipinski definition) is 1. The maximum absolute atomic E-state index is 12.2. The third kappa shape index (κ3) is 2.45. The Kier molecular flexibility index (Phi) is 2.95. The van der Waals surface area contributed by atoms with Gasteiger partial charge in [-0.15, -0.1) is 0 Å². The average molecular weight is 256 g/mol. The molecule has 0 saturated carbocycles. The van der Waals surface area contributed by atoms with E-state index in [0.29, 0.717) is 12.2 Å². The summed E-state index contributed by atoms with van der Waals surface area (Å²) in [5.74, 6) is 0.0811. The summed E-state index contributed by atoms with van der Waals surface area (Å²) in [5, 5.41) is 4.04. The maximum Gasteiger partial charge on any atom is 0.244 e. The smallest absolute Gasteiger partial charge is 0.244 e. The average Bonchev–Trinajstić information content (AvgIpc) is 2.83. The van der Waals surface area contributed by atoms with Gasteiger partial charge in [-0.05, 0) is 17.5 Å². The fraction of sp³-hybridized carbons (Fsp3) is 0.286. The first-order chi connectivity index (χ1) is 9.22. The van der Waals surface area contributed by atoms with Crippen LogP contribution in [-0.2, 0) is 24.3 Å². The first kappa shape index (κ1) is 11.8. The Balaban J connectivity index is 1.69. The van der Waals surface area contributed by atoms with E-state index >= 15 is 0 Å². The summed E-state index contributed by atoms with van der Waals surface area (Å²) >= 11 is 0. The molecule has 0 spiro atoms. The van der Waals surface area contributed by atoms with Crippen LogP contribution >= 0.6 is 0 Å². The van der Waals surface area contributed by atoms with Crippen LogP contribution in [0.2, 0.25) is 0 Å². The van der Waals surface area contributed by atoms with Gasteiger partial charge in [-0.3, -0.25) is 9.48 Å². The number of amides is 1. The Morgan fingerprint density at radius 1 is 1.32 bits per heavy atom. The van der Waals surface area contributed by atoms with Gasteiger partial charge in [0.25, 0.3) is 0 Å². The van der Waals surface area contributed by atoms with Crippen LogP contribution in [0.15, 0.2) is 36.7 Å². The van der Waals surface area contributed by atoms with E-state index in [-0.39, 0.29) is 12.5 Å². The van der Waals surface area contributed by atoms with Gasteiger partial charge in [0.15, 0.2) is 0 Å². The number of carbonyl (C=O) groups excluding carboxylic acids is 1. The van der Waals surface area contributed by atoms with Gasteiger partial charge in [0.2, 0.25) is 5.91 Å². The lowest BCUT2D eigenvalue weighted by Gasteiger charge is -2.28. The van der Waals surface area contributed by atoms with Crippen molar-refractivity contribution in [2.45, 2.75) is 19.5 Å². The molecule has 0 radical (unpaired) electrons. The molecular formula is C14H16N4O. The van der Waals surface area contributed by atoms with Crippen LogP contribution in [0.1, 0.15) is 11.1 Å². The van der Waals surface area contributed by atoms with Crippen molar-refractivity contribution in [3.63, 3.8) is 0 Å². The Bertz CT molecular complexity index is 605. The van der Waals surface area contributed by atoms with Gasteiger partial charge in [0.05, 0.1) is 11.9 Å². The summed E-state index contributed by atoms with van der Waals surface area (Å²) in [7, 11) is 0. The van der Waals surface area contributed by atoms with Crippen molar-refractivity contribution in [1.82, 2.24) is 14.7 Å². The molecule has 2 heterocycles. The molecular weight excluding hydrogens is 240 g/mol. The van der Waals surface area contributed by atoms with Crippen molar-refractivity contribution in [2.75, 3.05) is 12.3 Å². The third-order valence-corrected chi connectivity index (χ3v) is 3.43. The minimum Gasteiger partial charge on any atom is -0.396 e. The molecule has 0 saturated heterocycles. The quantitative estimate of drug-likeness (QED) is 0.873. The van der Waals surface area contributed by atoms with Crippen LogP contribution in [0.3, 0.4) is 0 Å². The molecule has 1 amide bonds. The summed E-state index contributed by atoms with van der Waals surface area (Å²) < 4.78 is 1.58. The molecule has 0 unspecified atom stereocenters. The van der Waals surface area contributed by atoms with Crippen molar-refractivity contribution < 1.29 is 4.79 Å². The number of hydrogen-bond acceptors (Lipinski definition) is 3. The van der Waals surface area contributed by atoms with Gasteiger partial charge in [-0.1, -0.05) is 24.3 Å². The van der Waals surface area contributed by atoms with Gasteiger partial charge in [-0.25, -0.2) is 0 Å². The maximum atomic E-state index is 12.2. The lowest BCUT2D eigenvalue weighted by molar-refractivity contribution is -0.132. The molecule has 3 rings (SSSR count). The minimum absolute atomic E-state index is 0.0811. The fourth-order valence-electron chi connectivity index (χ4n) is 2.41. The van der Waals surface area contributed by atoms with Crippen LogP contribution < -0.4 is 5.73 Å². The van der Waals surface area contributed by atoms with Crippen molar-refractivity contribution >= 4 is 11.6 Å². The number of nitrogens with two attached hydrogens (primary N) is 1. The van der Waals surface area contributed by atoms with Crippen LogP contribution in [0, 0.1) is 0 Å². The molecule has 2 N–H and O–H groups in total. The van der Waals surface area contributed by atoms with E-state index in [1.807, 2.05) is 17.0 Å². The molecule has 0 fully saturated rings. The number of benzene rings is 1. The summed E-state index contributed by atoms with van der Waals surface area (Å²) in [6, 6.07) is 8.27. The Hall–Kier alpha value is -2.30. The molecule has 0 bridgehead atoms. The molecule has 1 aromatic heterocycles. The SMILES string of the molecule is Nc1cnn(CC(=O)N2CCc3ccccc3C2)c1. The standard InChI is InChI=1S/C14H16N4O/c15-13-7-16-18(9-13)10-14(19)17-6-5-11-3-1-2-4-12(11)8-17/h1-4,7,9H,5-6,8,10,15H2. The van der Waals surface area contributed by atoms with Crippen molar-refractivity contribution in [1.29, 1.82) is 0 Å². The van der Waals surface area contributed by atoms with E-state index in [0.717, 1.165) is 13.0 Å². The second-order valence-corrected chi connectivity index (χ2v) is 4.81. The zero-order chi connectivity index (χ0) is 13.2. The first-order valence-corrected chi connectivity index (χ1v) is 6.35. The highest BCUT2D eigenvalue weighted by atomic mass is 16.2. The van der Waals surface area contributed by atoms with Crippen LogP contribution in [-0.4, -0.2) is 27.1 Å². The summed E-state index contributed by atoms with van der Waals surface area (Å²) in [6.07, 6.45) is 4.15. The Labute approximate surface area is 111 Å². The van der Waals surface area contributed by atoms with E-state index in [9.17, 15) is 4.79 Å². The summed E-state index contributed by atoms with van der Waals surface area (Å²) in [4.78, 5) is 14.1.